The number of ether oxygens (including phenoxy) is 1. The molecule has 5 nitrogen and oxygen atoms in total. The molecule has 2 N–H and O–H groups in total. The van der Waals surface area contributed by atoms with Crippen molar-refractivity contribution < 1.29 is 9.13 Å². The van der Waals surface area contributed by atoms with Crippen molar-refractivity contribution in [3.63, 3.8) is 0 Å². The van der Waals surface area contributed by atoms with E-state index in [9.17, 15) is 9.18 Å². The van der Waals surface area contributed by atoms with Crippen LogP contribution in [0.3, 0.4) is 0 Å². The first-order chi connectivity index (χ1) is 11.1. The summed E-state index contributed by atoms with van der Waals surface area (Å²) in [6.07, 6.45) is 0. The van der Waals surface area contributed by atoms with E-state index in [-0.39, 0.29) is 17.2 Å². The normalized spacial score (nSPS) is 11.8. The highest BCUT2D eigenvalue weighted by atomic mass is 19.1. The summed E-state index contributed by atoms with van der Waals surface area (Å²) in [5.74, 6) is -0.0765. The Morgan fingerprint density at radius 3 is 2.50 bits per heavy atom. The number of benzene rings is 1. The topological polar surface area (TPSA) is 70.1 Å². The van der Waals surface area contributed by atoms with Gasteiger partial charge >= 0.3 is 0 Å². The monoisotopic (exact) mass is 333 g/mol. The van der Waals surface area contributed by atoms with Crippen molar-refractivity contribution in [2.75, 3.05) is 7.11 Å². The number of nitrogens with two attached hydrogens (primary N) is 1. The van der Waals surface area contributed by atoms with Crippen LogP contribution in [0.1, 0.15) is 33.3 Å². The van der Waals surface area contributed by atoms with Crippen LogP contribution in [0.25, 0.3) is 11.3 Å². The summed E-state index contributed by atoms with van der Waals surface area (Å²) < 4.78 is 20.4. The van der Waals surface area contributed by atoms with Gasteiger partial charge in [0.1, 0.15) is 0 Å². The van der Waals surface area contributed by atoms with Crippen LogP contribution in [0.4, 0.5) is 4.39 Å². The Bertz CT molecular complexity index is 792. The van der Waals surface area contributed by atoms with Gasteiger partial charge in [0.25, 0.3) is 5.56 Å². The van der Waals surface area contributed by atoms with Crippen molar-refractivity contribution in [1.82, 2.24) is 9.78 Å². The third kappa shape index (κ3) is 3.82. The maximum absolute atomic E-state index is 14.0. The number of rotatable bonds is 5. The molecule has 0 atom stereocenters. The van der Waals surface area contributed by atoms with E-state index < -0.39 is 11.4 Å². The van der Waals surface area contributed by atoms with Crippen LogP contribution >= 0.6 is 0 Å². The standard InChI is InChI=1S/C18H24FN3O2/c1-11(2)10-22-17(23)13(18(3,4)20)9-15(21-22)12-6-7-16(24-5)14(19)8-12/h6-9,11H,10,20H2,1-5H3. The lowest BCUT2D eigenvalue weighted by Crippen LogP contribution is -2.39. The molecule has 0 aliphatic heterocycles. The highest BCUT2D eigenvalue weighted by Gasteiger charge is 2.22. The first-order valence-corrected chi connectivity index (χ1v) is 7.89. The predicted octanol–water partition coefficient (Wildman–Crippen LogP) is 2.91. The van der Waals surface area contributed by atoms with Gasteiger partial charge in [0.05, 0.1) is 12.8 Å². The van der Waals surface area contributed by atoms with Crippen molar-refractivity contribution >= 4 is 0 Å². The summed E-state index contributed by atoms with van der Waals surface area (Å²) in [6.45, 7) is 8.00. The summed E-state index contributed by atoms with van der Waals surface area (Å²) >= 11 is 0. The molecule has 1 aromatic carbocycles. The predicted molar refractivity (Wildman–Crippen MR) is 92.5 cm³/mol. The van der Waals surface area contributed by atoms with Gasteiger partial charge in [0.2, 0.25) is 0 Å². The molecule has 6 heteroatoms. The number of hydrogen-bond acceptors (Lipinski definition) is 4. The molecule has 0 amide bonds. The van der Waals surface area contributed by atoms with Crippen LogP contribution < -0.4 is 16.0 Å². The molecule has 0 aliphatic carbocycles. The lowest BCUT2D eigenvalue weighted by atomic mass is 9.95. The van der Waals surface area contributed by atoms with Crippen LogP contribution in [-0.2, 0) is 12.1 Å². The molecule has 2 aromatic rings. The summed E-state index contributed by atoms with van der Waals surface area (Å²) in [6, 6.07) is 6.23. The van der Waals surface area contributed by atoms with E-state index in [2.05, 4.69) is 5.10 Å². The van der Waals surface area contributed by atoms with Gasteiger partial charge in [-0.3, -0.25) is 4.79 Å². The Morgan fingerprint density at radius 1 is 1.33 bits per heavy atom. The summed E-state index contributed by atoms with van der Waals surface area (Å²) in [5, 5.41) is 4.39. The maximum atomic E-state index is 14.0. The molecule has 130 valence electrons. The third-order valence-electron chi connectivity index (χ3n) is 3.65. The molecular weight excluding hydrogens is 309 g/mol. The van der Waals surface area contributed by atoms with Crippen LogP contribution in [0, 0.1) is 11.7 Å². The Labute approximate surface area is 141 Å². The van der Waals surface area contributed by atoms with Crippen molar-refractivity contribution in [2.24, 2.45) is 11.7 Å². The molecule has 0 unspecified atom stereocenters. The Kier molecular flexibility index (Phi) is 5.08. The van der Waals surface area contributed by atoms with E-state index in [0.717, 1.165) is 0 Å². The maximum Gasteiger partial charge on any atom is 0.271 e. The third-order valence-corrected chi connectivity index (χ3v) is 3.65. The second-order valence-corrected chi connectivity index (χ2v) is 6.90. The SMILES string of the molecule is COc1ccc(-c2cc(C(C)(C)N)c(=O)n(CC(C)C)n2)cc1F. The van der Waals surface area contributed by atoms with E-state index in [1.54, 1.807) is 26.0 Å². The number of halogens is 1. The minimum atomic E-state index is -0.821. The smallest absolute Gasteiger partial charge is 0.271 e. The minimum Gasteiger partial charge on any atom is -0.494 e. The highest BCUT2D eigenvalue weighted by Crippen LogP contribution is 2.25. The average Bonchev–Trinajstić information content (AvgIpc) is 2.47. The van der Waals surface area contributed by atoms with Crippen LogP contribution in [-0.4, -0.2) is 16.9 Å². The van der Waals surface area contributed by atoms with Gasteiger partial charge in [-0.2, -0.15) is 5.10 Å². The molecule has 24 heavy (non-hydrogen) atoms. The molecule has 0 aliphatic rings. The molecule has 0 bridgehead atoms. The second kappa shape index (κ2) is 6.73. The van der Waals surface area contributed by atoms with Crippen molar-refractivity contribution in [3.8, 4) is 17.0 Å². The van der Waals surface area contributed by atoms with Crippen LogP contribution in [0.2, 0.25) is 0 Å². The minimum absolute atomic E-state index is 0.161. The van der Waals surface area contributed by atoms with Gasteiger partial charge < -0.3 is 10.5 Å². The largest absolute Gasteiger partial charge is 0.494 e. The highest BCUT2D eigenvalue weighted by molar-refractivity contribution is 5.61. The van der Waals surface area contributed by atoms with Crippen molar-refractivity contribution in [1.29, 1.82) is 0 Å². The van der Waals surface area contributed by atoms with Gasteiger partial charge in [0.15, 0.2) is 11.6 Å². The van der Waals surface area contributed by atoms with E-state index in [0.29, 0.717) is 23.4 Å². The van der Waals surface area contributed by atoms with Crippen LogP contribution in [0.15, 0.2) is 29.1 Å². The van der Waals surface area contributed by atoms with Gasteiger partial charge in [-0.25, -0.2) is 9.07 Å². The number of nitrogens with zero attached hydrogens (tertiary/aromatic N) is 2. The summed E-state index contributed by atoms with van der Waals surface area (Å²) in [7, 11) is 1.41. The second-order valence-electron chi connectivity index (χ2n) is 6.90. The van der Waals surface area contributed by atoms with E-state index in [4.69, 9.17) is 10.5 Å². The Morgan fingerprint density at radius 2 is 2.00 bits per heavy atom. The zero-order valence-electron chi connectivity index (χ0n) is 14.8. The van der Waals surface area contributed by atoms with Crippen molar-refractivity contribution in [2.45, 2.75) is 39.8 Å². The van der Waals surface area contributed by atoms with E-state index >= 15 is 0 Å². The molecule has 0 spiro atoms. The molecule has 0 saturated heterocycles. The lowest BCUT2D eigenvalue weighted by molar-refractivity contribution is 0.386. The van der Waals surface area contributed by atoms with Crippen molar-refractivity contribution in [3.05, 3.63) is 46.0 Å². The van der Waals surface area contributed by atoms with Gasteiger partial charge in [0, 0.05) is 23.2 Å². The fraction of sp³-hybridized carbons (Fsp3) is 0.444. The van der Waals surface area contributed by atoms with Gasteiger partial charge in [-0.05, 0) is 44.0 Å². The first kappa shape index (κ1) is 18.1. The quantitative estimate of drug-likeness (QED) is 0.913. The van der Waals surface area contributed by atoms with Crippen LogP contribution in [0.5, 0.6) is 5.75 Å². The molecule has 1 aromatic heterocycles. The van der Waals surface area contributed by atoms with E-state index in [1.807, 2.05) is 13.8 Å². The molecular formula is C18H24FN3O2. The fourth-order valence-corrected chi connectivity index (χ4v) is 2.44. The summed E-state index contributed by atoms with van der Waals surface area (Å²) in [4.78, 5) is 12.6. The molecule has 0 saturated carbocycles. The molecule has 0 fully saturated rings. The fourth-order valence-electron chi connectivity index (χ4n) is 2.44. The zero-order valence-corrected chi connectivity index (χ0v) is 14.8. The molecule has 0 radical (unpaired) electrons. The zero-order chi connectivity index (χ0) is 18.1. The number of methoxy groups -OCH3 is 1. The van der Waals surface area contributed by atoms with E-state index in [1.165, 1.54) is 23.9 Å². The first-order valence-electron chi connectivity index (χ1n) is 7.89. The average molecular weight is 333 g/mol. The number of hydrogen-bond donors (Lipinski definition) is 1. The Balaban J connectivity index is 2.65. The summed E-state index contributed by atoms with van der Waals surface area (Å²) in [5.41, 5.74) is 6.63. The lowest BCUT2D eigenvalue weighted by Gasteiger charge is -2.21. The van der Waals surface area contributed by atoms with Gasteiger partial charge in [-0.1, -0.05) is 13.8 Å². The Hall–Kier alpha value is -2.21. The molecule has 2 rings (SSSR count). The molecule has 1 heterocycles. The number of aromatic nitrogens is 2. The van der Waals surface area contributed by atoms with Gasteiger partial charge in [-0.15, -0.1) is 0 Å².